The molecule has 3 N–H and O–H groups in total. The lowest BCUT2D eigenvalue weighted by Crippen LogP contribution is -2.30. The zero-order valence-corrected chi connectivity index (χ0v) is 64.8. The predicted octanol–water partition coefficient (Wildman–Crippen LogP) is 22.4. The number of hydrogen-bond donors (Lipinski definition) is 3. The van der Waals surface area contributed by atoms with Gasteiger partial charge < -0.3 is 33.8 Å². The highest BCUT2D eigenvalue weighted by Gasteiger charge is 2.30. The Bertz CT molecular complexity index is 1880. The second kappa shape index (κ2) is 66.3. The summed E-state index contributed by atoms with van der Waals surface area (Å²) in [6.45, 7) is 14.1. The molecule has 0 amide bonds. The number of carbonyl (C=O) groups excluding carboxylic acids is 4. The van der Waals surface area contributed by atoms with Crippen molar-refractivity contribution in [2.24, 2.45) is 23.7 Å². The highest BCUT2D eigenvalue weighted by molar-refractivity contribution is 7.47. The average molecular weight is 1410 g/mol. The minimum Gasteiger partial charge on any atom is -0.462 e. The van der Waals surface area contributed by atoms with Gasteiger partial charge in [-0.05, 0) is 49.4 Å². The van der Waals surface area contributed by atoms with E-state index in [1.54, 1.807) is 0 Å². The van der Waals surface area contributed by atoms with Crippen molar-refractivity contribution in [1.82, 2.24) is 0 Å². The van der Waals surface area contributed by atoms with Crippen molar-refractivity contribution >= 4 is 39.5 Å². The zero-order chi connectivity index (χ0) is 71.0. The molecule has 0 fully saturated rings. The summed E-state index contributed by atoms with van der Waals surface area (Å²) >= 11 is 0. The van der Waals surface area contributed by atoms with Crippen LogP contribution in [0.15, 0.2) is 0 Å². The first-order valence-electron chi connectivity index (χ1n) is 39.7. The molecule has 0 saturated carbocycles. The molecule has 0 heterocycles. The Kier molecular flexibility index (Phi) is 65.0. The van der Waals surface area contributed by atoms with Crippen molar-refractivity contribution in [3.8, 4) is 0 Å². The van der Waals surface area contributed by atoms with E-state index < -0.39 is 97.5 Å². The molecule has 0 aliphatic rings. The van der Waals surface area contributed by atoms with E-state index in [1.165, 1.54) is 186 Å². The number of aliphatic hydroxyl groups is 1. The Hall–Kier alpha value is -1.94. The van der Waals surface area contributed by atoms with E-state index in [4.69, 9.17) is 37.0 Å². The summed E-state index contributed by atoms with van der Waals surface area (Å²) in [6, 6.07) is 0. The third-order valence-corrected chi connectivity index (χ3v) is 19.7. The van der Waals surface area contributed by atoms with Gasteiger partial charge in [-0.15, -0.1) is 0 Å². The van der Waals surface area contributed by atoms with Crippen molar-refractivity contribution in [3.63, 3.8) is 0 Å². The van der Waals surface area contributed by atoms with E-state index in [9.17, 15) is 43.2 Å². The molecule has 5 atom stereocenters. The molecular formula is C77H150O17P2. The number of unbranched alkanes of at least 4 members (excludes halogenated alkanes) is 40. The van der Waals surface area contributed by atoms with Crippen molar-refractivity contribution in [2.75, 3.05) is 39.6 Å². The van der Waals surface area contributed by atoms with Crippen molar-refractivity contribution in [3.05, 3.63) is 0 Å². The van der Waals surface area contributed by atoms with Gasteiger partial charge in [0.1, 0.15) is 19.3 Å². The molecule has 17 nitrogen and oxygen atoms in total. The molecule has 0 aliphatic carbocycles. The molecule has 96 heavy (non-hydrogen) atoms. The van der Waals surface area contributed by atoms with Gasteiger partial charge >= 0.3 is 39.5 Å². The Balaban J connectivity index is 5.20. The molecule has 570 valence electrons. The van der Waals surface area contributed by atoms with E-state index in [1.807, 2.05) is 0 Å². The quantitative estimate of drug-likeness (QED) is 0.0222. The van der Waals surface area contributed by atoms with Gasteiger partial charge in [0.2, 0.25) is 0 Å². The number of aliphatic hydroxyl groups excluding tert-OH is 1. The van der Waals surface area contributed by atoms with Crippen molar-refractivity contribution in [1.29, 1.82) is 0 Å². The first-order valence-corrected chi connectivity index (χ1v) is 42.7. The molecule has 0 aromatic rings. The Morgan fingerprint density at radius 3 is 0.646 bits per heavy atom. The lowest BCUT2D eigenvalue weighted by atomic mass is 10.0. The standard InChI is InChI=1S/C77H150O17P2/c1-67(2)53-45-37-29-23-19-15-11-9-13-17-21-25-33-43-51-59-76(81)93-72(63-87-74(79)57-49-41-32-28-27-31-39-47-55-69(5)6)65-91-95(83,84)89-61-71(78)62-90-96(85,86)92-66-73(64-88-75(80)58-50-42-36-35-40-48-56-70(7)8)94-77(82)60-52-44-34-26-22-18-14-10-12-16-20-24-30-38-46-54-68(3)4/h67-73,78H,9-66H2,1-8H3,(H,83,84)(H,85,86)/t71?,72-,73-/m1/s1. The second-order valence-corrected chi connectivity index (χ2v) is 32.6. The summed E-state index contributed by atoms with van der Waals surface area (Å²) in [4.78, 5) is 72.8. The summed E-state index contributed by atoms with van der Waals surface area (Å²) in [5, 5.41) is 10.6. The maximum absolute atomic E-state index is 13.1. The van der Waals surface area contributed by atoms with Gasteiger partial charge in [0, 0.05) is 25.7 Å². The van der Waals surface area contributed by atoms with Gasteiger partial charge in [0.25, 0.3) is 0 Å². The van der Waals surface area contributed by atoms with Gasteiger partial charge in [0.05, 0.1) is 26.4 Å². The van der Waals surface area contributed by atoms with Crippen molar-refractivity contribution in [2.45, 2.75) is 408 Å². The first-order chi connectivity index (χ1) is 46.1. The van der Waals surface area contributed by atoms with Crippen LogP contribution in [0.25, 0.3) is 0 Å². The number of esters is 4. The molecule has 0 rings (SSSR count). The topological polar surface area (TPSA) is 237 Å². The van der Waals surface area contributed by atoms with Crippen LogP contribution in [0.1, 0.15) is 389 Å². The van der Waals surface area contributed by atoms with E-state index >= 15 is 0 Å². The number of phosphoric ester groups is 2. The van der Waals surface area contributed by atoms with Crippen LogP contribution in [-0.2, 0) is 65.4 Å². The first kappa shape index (κ1) is 94.1. The van der Waals surface area contributed by atoms with Crippen LogP contribution in [0.4, 0.5) is 0 Å². The number of hydrogen-bond acceptors (Lipinski definition) is 15. The molecule has 0 aromatic heterocycles. The number of phosphoric acid groups is 2. The molecular weight excluding hydrogens is 1260 g/mol. The zero-order valence-electron chi connectivity index (χ0n) is 63.0. The van der Waals surface area contributed by atoms with Crippen LogP contribution in [0.2, 0.25) is 0 Å². The second-order valence-electron chi connectivity index (χ2n) is 29.7. The molecule has 0 aliphatic heterocycles. The Labute approximate surface area is 588 Å². The summed E-state index contributed by atoms with van der Waals surface area (Å²) in [6.07, 6.45) is 51.6. The number of rotatable bonds is 74. The maximum Gasteiger partial charge on any atom is 0.472 e. The molecule has 0 spiro atoms. The molecule has 0 bridgehead atoms. The van der Waals surface area contributed by atoms with Crippen LogP contribution in [0.3, 0.4) is 0 Å². The normalized spacial score (nSPS) is 14.1. The number of ether oxygens (including phenoxy) is 4. The van der Waals surface area contributed by atoms with Crippen LogP contribution in [-0.4, -0.2) is 96.7 Å². The molecule has 0 radical (unpaired) electrons. The molecule has 0 aromatic carbocycles. The third kappa shape index (κ3) is 70.5. The lowest BCUT2D eigenvalue weighted by molar-refractivity contribution is -0.161. The lowest BCUT2D eigenvalue weighted by Gasteiger charge is -2.21. The highest BCUT2D eigenvalue weighted by Crippen LogP contribution is 2.45. The van der Waals surface area contributed by atoms with E-state index in [0.717, 1.165) is 114 Å². The van der Waals surface area contributed by atoms with Crippen LogP contribution < -0.4 is 0 Å². The van der Waals surface area contributed by atoms with Gasteiger partial charge in [-0.2, -0.15) is 0 Å². The third-order valence-electron chi connectivity index (χ3n) is 17.8. The molecule has 3 unspecified atom stereocenters. The van der Waals surface area contributed by atoms with E-state index in [-0.39, 0.29) is 25.7 Å². The van der Waals surface area contributed by atoms with Crippen LogP contribution >= 0.6 is 15.6 Å². The Morgan fingerprint density at radius 1 is 0.260 bits per heavy atom. The number of carbonyl (C=O) groups is 4. The van der Waals surface area contributed by atoms with Gasteiger partial charge in [0.15, 0.2) is 12.2 Å². The summed E-state index contributed by atoms with van der Waals surface area (Å²) in [5.74, 6) is 0.889. The maximum atomic E-state index is 13.1. The van der Waals surface area contributed by atoms with Gasteiger partial charge in [-0.1, -0.05) is 338 Å². The Morgan fingerprint density at radius 2 is 0.438 bits per heavy atom. The largest absolute Gasteiger partial charge is 0.472 e. The smallest absolute Gasteiger partial charge is 0.462 e. The van der Waals surface area contributed by atoms with Gasteiger partial charge in [-0.25, -0.2) is 9.13 Å². The summed E-state index contributed by atoms with van der Waals surface area (Å²) in [5.41, 5.74) is 0. The average Bonchev–Trinajstić information content (AvgIpc) is 2.10. The minimum absolute atomic E-state index is 0.106. The van der Waals surface area contributed by atoms with E-state index in [2.05, 4.69) is 55.4 Å². The van der Waals surface area contributed by atoms with Crippen LogP contribution in [0.5, 0.6) is 0 Å². The minimum atomic E-state index is -4.96. The summed E-state index contributed by atoms with van der Waals surface area (Å²) < 4.78 is 68.5. The summed E-state index contributed by atoms with van der Waals surface area (Å²) in [7, 11) is -9.91. The highest BCUT2D eigenvalue weighted by atomic mass is 31.2. The van der Waals surface area contributed by atoms with Crippen LogP contribution in [0, 0.1) is 23.7 Å². The molecule has 19 heteroatoms. The predicted molar refractivity (Wildman–Crippen MR) is 391 cm³/mol. The fraction of sp³-hybridized carbons (Fsp3) is 0.948. The van der Waals surface area contributed by atoms with E-state index in [0.29, 0.717) is 31.6 Å². The fourth-order valence-electron chi connectivity index (χ4n) is 11.7. The fourth-order valence-corrected chi connectivity index (χ4v) is 13.3. The monoisotopic (exact) mass is 1410 g/mol. The van der Waals surface area contributed by atoms with Gasteiger partial charge in [-0.3, -0.25) is 37.3 Å². The van der Waals surface area contributed by atoms with Crippen molar-refractivity contribution < 1.29 is 80.2 Å². The SMILES string of the molecule is CC(C)CCCCCCCCCCCCCCCCCC(=O)O[C@H](COC(=O)CCCCCCCCCCC(C)C)COP(=O)(O)OCC(O)COP(=O)(O)OC[C@@H](COC(=O)CCCCCCCCC(C)C)OC(=O)CCCCCCCCCCCCCCCCCC(C)C. The molecule has 0 saturated heterocycles.